The summed E-state index contributed by atoms with van der Waals surface area (Å²) in [6.07, 6.45) is 0.776. The van der Waals surface area contributed by atoms with E-state index in [1.807, 2.05) is 18.9 Å². The molecule has 4 rings (SSSR count). The third kappa shape index (κ3) is 4.77. The fourth-order valence-corrected chi connectivity index (χ4v) is 5.59. The van der Waals surface area contributed by atoms with E-state index in [1.165, 1.54) is 23.5 Å². The molecule has 0 aliphatic carbocycles. The molecule has 11 heteroatoms. The van der Waals surface area contributed by atoms with Crippen molar-refractivity contribution in [3.8, 4) is 11.3 Å². The van der Waals surface area contributed by atoms with E-state index < -0.39 is 20.7 Å². The average molecular weight is 494 g/mol. The normalized spacial score (nSPS) is 17.0. The quantitative estimate of drug-likeness (QED) is 0.566. The number of rotatable bonds is 6. The summed E-state index contributed by atoms with van der Waals surface area (Å²) in [6.45, 7) is 5.29. The summed E-state index contributed by atoms with van der Waals surface area (Å²) >= 11 is 1.29. The minimum Gasteiger partial charge on any atom is -0.369 e. The average Bonchev–Trinajstić information content (AvgIpc) is 3.43. The zero-order chi connectivity index (χ0) is 23.9. The van der Waals surface area contributed by atoms with Gasteiger partial charge in [-0.15, -0.1) is 11.3 Å². The van der Waals surface area contributed by atoms with E-state index in [0.717, 1.165) is 18.7 Å². The fraction of sp³-hybridized carbons (Fsp3) is 0.364. The van der Waals surface area contributed by atoms with Gasteiger partial charge in [0, 0.05) is 43.8 Å². The van der Waals surface area contributed by atoms with Gasteiger partial charge in [0.05, 0.1) is 28.1 Å². The number of aryl methyl sites for hydroxylation is 2. The maximum Gasteiger partial charge on any atom is 0.241 e. The molecule has 1 atom stereocenters. The SMILES string of the molecule is Cc1ccc(F)c(CN2CC[C@H](N(C)c3c(C)cc(S(N)(=O)=O)c(F)c3-c3cscn3)C2)n1. The van der Waals surface area contributed by atoms with Crippen LogP contribution in [-0.4, -0.2) is 49.5 Å². The van der Waals surface area contributed by atoms with E-state index >= 15 is 4.39 Å². The number of nitrogens with zero attached hydrogens (tertiary/aromatic N) is 4. The molecule has 1 aliphatic rings. The van der Waals surface area contributed by atoms with Gasteiger partial charge in [-0.2, -0.15) is 0 Å². The summed E-state index contributed by atoms with van der Waals surface area (Å²) in [4.78, 5) is 12.1. The van der Waals surface area contributed by atoms with Crippen molar-refractivity contribution >= 4 is 27.0 Å². The largest absolute Gasteiger partial charge is 0.369 e. The molecule has 1 saturated heterocycles. The van der Waals surface area contributed by atoms with Gasteiger partial charge in [-0.25, -0.2) is 27.3 Å². The van der Waals surface area contributed by atoms with Gasteiger partial charge in [0.2, 0.25) is 10.0 Å². The lowest BCUT2D eigenvalue weighted by Gasteiger charge is -2.31. The molecule has 176 valence electrons. The number of pyridine rings is 1. The van der Waals surface area contributed by atoms with E-state index in [9.17, 15) is 12.8 Å². The van der Waals surface area contributed by atoms with Gasteiger partial charge in [-0.3, -0.25) is 9.88 Å². The topological polar surface area (TPSA) is 92.4 Å². The van der Waals surface area contributed by atoms with Crippen LogP contribution in [0, 0.1) is 25.5 Å². The minimum absolute atomic E-state index is 0.00805. The smallest absolute Gasteiger partial charge is 0.241 e. The zero-order valence-electron chi connectivity index (χ0n) is 18.5. The predicted molar refractivity (Wildman–Crippen MR) is 125 cm³/mol. The van der Waals surface area contributed by atoms with E-state index in [-0.39, 0.29) is 17.4 Å². The Balaban J connectivity index is 1.67. The maximum absolute atomic E-state index is 15.5. The first-order valence-electron chi connectivity index (χ1n) is 10.4. The molecule has 0 bridgehead atoms. The summed E-state index contributed by atoms with van der Waals surface area (Å²) in [6, 6.07) is 4.35. The van der Waals surface area contributed by atoms with Crippen LogP contribution >= 0.6 is 11.3 Å². The van der Waals surface area contributed by atoms with Crippen LogP contribution in [0.2, 0.25) is 0 Å². The van der Waals surface area contributed by atoms with Crippen molar-refractivity contribution in [3.05, 3.63) is 57.7 Å². The van der Waals surface area contributed by atoms with Gasteiger partial charge in [0.15, 0.2) is 5.82 Å². The van der Waals surface area contributed by atoms with Crippen LogP contribution in [0.4, 0.5) is 14.5 Å². The molecular weight excluding hydrogens is 468 g/mol. The summed E-state index contributed by atoms with van der Waals surface area (Å²) in [5.41, 5.74) is 4.35. The van der Waals surface area contributed by atoms with Crippen molar-refractivity contribution in [2.75, 3.05) is 25.0 Å². The van der Waals surface area contributed by atoms with Gasteiger partial charge in [-0.1, -0.05) is 0 Å². The second-order valence-electron chi connectivity index (χ2n) is 8.32. The highest BCUT2D eigenvalue weighted by Gasteiger charge is 2.32. The van der Waals surface area contributed by atoms with Gasteiger partial charge < -0.3 is 4.90 Å². The Labute approximate surface area is 195 Å². The maximum atomic E-state index is 15.5. The molecule has 0 saturated carbocycles. The molecule has 0 amide bonds. The van der Waals surface area contributed by atoms with Crippen LogP contribution < -0.4 is 10.0 Å². The number of halogens is 2. The lowest BCUT2D eigenvalue weighted by Crippen LogP contribution is -2.35. The number of likely N-dealkylation sites (tertiary alicyclic amines) is 1. The molecule has 1 aliphatic heterocycles. The van der Waals surface area contributed by atoms with E-state index in [2.05, 4.69) is 14.9 Å². The molecule has 2 N–H and O–H groups in total. The van der Waals surface area contributed by atoms with Gasteiger partial charge >= 0.3 is 0 Å². The van der Waals surface area contributed by atoms with Crippen molar-refractivity contribution in [1.29, 1.82) is 0 Å². The first-order chi connectivity index (χ1) is 15.6. The minimum atomic E-state index is -4.25. The molecule has 3 aromatic rings. The second-order valence-corrected chi connectivity index (χ2v) is 10.6. The first kappa shape index (κ1) is 23.7. The molecular formula is C22H25F2N5O2S2. The Kier molecular flexibility index (Phi) is 6.50. The predicted octanol–water partition coefficient (Wildman–Crippen LogP) is 3.46. The Morgan fingerprint density at radius 2 is 2.06 bits per heavy atom. The monoisotopic (exact) mass is 493 g/mol. The van der Waals surface area contributed by atoms with E-state index in [0.29, 0.717) is 35.7 Å². The molecule has 0 radical (unpaired) electrons. The highest BCUT2D eigenvalue weighted by molar-refractivity contribution is 7.89. The number of thiazole rings is 1. The number of nitrogens with two attached hydrogens (primary N) is 1. The third-order valence-corrected chi connectivity index (χ3v) is 7.46. The number of primary sulfonamides is 1. The van der Waals surface area contributed by atoms with Crippen LogP contribution in [0.5, 0.6) is 0 Å². The molecule has 33 heavy (non-hydrogen) atoms. The lowest BCUT2D eigenvalue weighted by atomic mass is 10.0. The van der Waals surface area contributed by atoms with Crippen molar-refractivity contribution in [3.63, 3.8) is 0 Å². The highest BCUT2D eigenvalue weighted by Crippen LogP contribution is 2.40. The van der Waals surface area contributed by atoms with Gasteiger partial charge in [0.25, 0.3) is 0 Å². The molecule has 7 nitrogen and oxygen atoms in total. The molecule has 3 heterocycles. The third-order valence-electron chi connectivity index (χ3n) is 5.97. The zero-order valence-corrected chi connectivity index (χ0v) is 20.2. The summed E-state index contributed by atoms with van der Waals surface area (Å²) in [7, 11) is -2.40. The number of benzene rings is 1. The fourth-order valence-electron chi connectivity index (χ4n) is 4.35. The molecule has 0 spiro atoms. The van der Waals surface area contributed by atoms with Gasteiger partial charge in [-0.05, 0) is 44.0 Å². The summed E-state index contributed by atoms with van der Waals surface area (Å²) < 4.78 is 53.7. The van der Waals surface area contributed by atoms with Crippen molar-refractivity contribution in [2.45, 2.75) is 37.8 Å². The number of likely N-dealkylation sites (N-methyl/N-ethyl adjacent to an activating group) is 1. The van der Waals surface area contributed by atoms with E-state index in [1.54, 1.807) is 23.9 Å². The second kappa shape index (κ2) is 9.05. The van der Waals surface area contributed by atoms with Crippen LogP contribution in [0.3, 0.4) is 0 Å². The molecule has 0 unspecified atom stereocenters. The Bertz CT molecular complexity index is 1280. The van der Waals surface area contributed by atoms with Crippen LogP contribution in [0.1, 0.15) is 23.4 Å². The Morgan fingerprint density at radius 1 is 1.30 bits per heavy atom. The van der Waals surface area contributed by atoms with Crippen molar-refractivity contribution in [1.82, 2.24) is 14.9 Å². The van der Waals surface area contributed by atoms with Crippen LogP contribution in [0.15, 0.2) is 34.0 Å². The van der Waals surface area contributed by atoms with Crippen molar-refractivity contribution in [2.24, 2.45) is 5.14 Å². The summed E-state index contributed by atoms with van der Waals surface area (Å²) in [5.74, 6) is -1.24. The molecule has 1 fully saturated rings. The number of hydrogen-bond acceptors (Lipinski definition) is 7. The standard InChI is InChI=1S/C22H25F2N5O2S2/c1-13-8-19(33(25,30)31)21(24)20(18-11-32-12-26-18)22(13)28(3)15-6-7-29(9-15)10-17-16(23)5-4-14(2)27-17/h4-5,8,11-12,15H,6-7,9-10H2,1-3H3,(H2,25,30,31)/t15-/m0/s1. The lowest BCUT2D eigenvalue weighted by molar-refractivity contribution is 0.315. The van der Waals surface area contributed by atoms with Crippen LogP contribution in [0.25, 0.3) is 11.3 Å². The Hall–Kier alpha value is -2.47. The number of aromatic nitrogens is 2. The first-order valence-corrected chi connectivity index (χ1v) is 12.9. The molecule has 2 aromatic heterocycles. The van der Waals surface area contributed by atoms with Crippen molar-refractivity contribution < 1.29 is 17.2 Å². The van der Waals surface area contributed by atoms with Crippen LogP contribution in [-0.2, 0) is 16.6 Å². The number of sulfonamides is 1. The Morgan fingerprint density at radius 3 is 2.73 bits per heavy atom. The highest BCUT2D eigenvalue weighted by atomic mass is 32.2. The van der Waals surface area contributed by atoms with E-state index in [4.69, 9.17) is 5.14 Å². The van der Waals surface area contributed by atoms with Gasteiger partial charge in [0.1, 0.15) is 10.7 Å². The summed E-state index contributed by atoms with van der Waals surface area (Å²) in [5, 5.41) is 6.94. The number of hydrogen-bond donors (Lipinski definition) is 1. The molecule has 1 aromatic carbocycles. The number of anilines is 1.